The van der Waals surface area contributed by atoms with Crippen molar-refractivity contribution in [2.75, 3.05) is 25.0 Å². The number of amides is 2. The number of hydrogen-bond donors (Lipinski definition) is 4. The summed E-state index contributed by atoms with van der Waals surface area (Å²) in [5.74, 6) is 0.263. The third-order valence-corrected chi connectivity index (χ3v) is 6.21. The molecular weight excluding hydrogens is 434 g/mol. The van der Waals surface area contributed by atoms with Gasteiger partial charge in [0.25, 0.3) is 5.91 Å². The van der Waals surface area contributed by atoms with Crippen LogP contribution in [-0.2, 0) is 17.8 Å². The molecule has 4 rings (SSSR count). The minimum absolute atomic E-state index is 0.127. The summed E-state index contributed by atoms with van der Waals surface area (Å²) in [7, 11) is 0. The van der Waals surface area contributed by atoms with Crippen LogP contribution in [-0.4, -0.2) is 68.1 Å². The number of aliphatic hydroxyl groups is 1. The van der Waals surface area contributed by atoms with E-state index in [-0.39, 0.29) is 24.0 Å². The molecule has 4 heterocycles. The molecule has 0 atom stereocenters. The van der Waals surface area contributed by atoms with Gasteiger partial charge in [0.05, 0.1) is 12.0 Å². The molecule has 2 aromatic rings. The van der Waals surface area contributed by atoms with Crippen molar-refractivity contribution in [1.82, 2.24) is 19.8 Å². The first kappa shape index (κ1) is 23.5. The van der Waals surface area contributed by atoms with Crippen molar-refractivity contribution in [3.63, 3.8) is 0 Å². The van der Waals surface area contributed by atoms with Gasteiger partial charge in [0, 0.05) is 32.3 Å². The molecule has 0 spiro atoms. The van der Waals surface area contributed by atoms with Crippen molar-refractivity contribution in [2.45, 2.75) is 39.7 Å². The lowest BCUT2D eigenvalue weighted by Gasteiger charge is -2.34. The van der Waals surface area contributed by atoms with E-state index in [0.29, 0.717) is 49.8 Å². The lowest BCUT2D eigenvalue weighted by molar-refractivity contribution is -0.143. The Bertz CT molecular complexity index is 1160. The molecule has 0 aliphatic carbocycles. The van der Waals surface area contributed by atoms with E-state index < -0.39 is 11.3 Å². The van der Waals surface area contributed by atoms with E-state index >= 15 is 0 Å². The van der Waals surface area contributed by atoms with Gasteiger partial charge in [-0.2, -0.15) is 0 Å². The average Bonchev–Trinajstić information content (AvgIpc) is 3.28. The first-order chi connectivity index (χ1) is 16.2. The number of carbonyl (C=O) groups is 2. The lowest BCUT2D eigenvalue weighted by Crippen LogP contribution is -2.45. The molecule has 10 nitrogen and oxygen atoms in total. The number of nitrogens with zero attached hydrogens (tertiary/aromatic N) is 4. The molecule has 178 valence electrons. The second kappa shape index (κ2) is 9.30. The molecule has 1 fully saturated rings. The Balaban J connectivity index is 1.48. The normalized spacial score (nSPS) is 15.8. The summed E-state index contributed by atoms with van der Waals surface area (Å²) in [5.41, 5.74) is 1.57. The molecule has 10 heteroatoms. The highest BCUT2D eigenvalue weighted by atomic mass is 16.3. The summed E-state index contributed by atoms with van der Waals surface area (Å²) in [5, 5.41) is 28.6. The SMILES string of the molecule is CC(C)(CO)C(=O)N1CCc2cnc(C(=O)Nc3cccc(C(=N)N4CCCC4=N)n3)cc2C1. The number of aliphatic hydroxyl groups excluding tert-OH is 1. The third-order valence-electron chi connectivity index (χ3n) is 6.21. The van der Waals surface area contributed by atoms with E-state index in [1.807, 2.05) is 0 Å². The molecule has 0 radical (unpaired) electrons. The summed E-state index contributed by atoms with van der Waals surface area (Å²) in [6.07, 6.45) is 3.78. The molecule has 0 unspecified atom stereocenters. The van der Waals surface area contributed by atoms with Gasteiger partial charge in [-0.05, 0) is 56.0 Å². The fourth-order valence-corrected chi connectivity index (χ4v) is 4.11. The Kier molecular flexibility index (Phi) is 6.43. The second-order valence-electron chi connectivity index (χ2n) is 9.27. The molecule has 34 heavy (non-hydrogen) atoms. The van der Waals surface area contributed by atoms with Gasteiger partial charge in [-0.15, -0.1) is 0 Å². The number of fused-ring (bicyclic) bond motifs is 1. The number of hydrogen-bond acceptors (Lipinski definition) is 7. The topological polar surface area (TPSA) is 146 Å². The Labute approximate surface area is 198 Å². The Morgan fingerprint density at radius 3 is 2.68 bits per heavy atom. The molecular formula is C24H29N7O3. The van der Waals surface area contributed by atoms with Crippen LogP contribution in [0.5, 0.6) is 0 Å². The van der Waals surface area contributed by atoms with Crippen molar-refractivity contribution >= 4 is 29.3 Å². The smallest absolute Gasteiger partial charge is 0.275 e. The first-order valence-corrected chi connectivity index (χ1v) is 11.3. The quantitative estimate of drug-likeness (QED) is 0.394. The zero-order valence-corrected chi connectivity index (χ0v) is 19.4. The molecule has 1 saturated heterocycles. The summed E-state index contributed by atoms with van der Waals surface area (Å²) in [6.45, 7) is 4.70. The molecule has 2 amide bonds. The number of likely N-dealkylation sites (tertiary alicyclic amines) is 1. The number of amidine groups is 2. The van der Waals surface area contributed by atoms with Crippen molar-refractivity contribution in [2.24, 2.45) is 5.41 Å². The monoisotopic (exact) mass is 463 g/mol. The third kappa shape index (κ3) is 4.67. The summed E-state index contributed by atoms with van der Waals surface area (Å²) in [6, 6.07) is 6.71. The van der Waals surface area contributed by atoms with Gasteiger partial charge in [-0.3, -0.25) is 25.4 Å². The van der Waals surface area contributed by atoms with Crippen LogP contribution in [0.15, 0.2) is 30.5 Å². The molecule has 2 aliphatic rings. The van der Waals surface area contributed by atoms with Gasteiger partial charge < -0.3 is 20.2 Å². The molecule has 2 aromatic heterocycles. The first-order valence-electron chi connectivity index (χ1n) is 11.3. The fourth-order valence-electron chi connectivity index (χ4n) is 4.11. The Morgan fingerprint density at radius 1 is 1.18 bits per heavy atom. The Morgan fingerprint density at radius 2 is 1.97 bits per heavy atom. The zero-order valence-electron chi connectivity index (χ0n) is 19.4. The second-order valence-corrected chi connectivity index (χ2v) is 9.27. The van der Waals surface area contributed by atoms with Crippen LogP contribution >= 0.6 is 0 Å². The number of anilines is 1. The summed E-state index contributed by atoms with van der Waals surface area (Å²) < 4.78 is 0. The summed E-state index contributed by atoms with van der Waals surface area (Å²) in [4.78, 5) is 37.6. The molecule has 0 bridgehead atoms. The Hall–Kier alpha value is -3.66. The fraction of sp³-hybridized carbons (Fsp3) is 0.417. The van der Waals surface area contributed by atoms with Crippen LogP contribution in [0.2, 0.25) is 0 Å². The van der Waals surface area contributed by atoms with Crippen molar-refractivity contribution in [3.05, 3.63) is 53.0 Å². The number of carbonyl (C=O) groups excluding carboxylic acids is 2. The predicted molar refractivity (Wildman–Crippen MR) is 127 cm³/mol. The van der Waals surface area contributed by atoms with Gasteiger partial charge in [-0.1, -0.05) is 6.07 Å². The predicted octanol–water partition coefficient (Wildman–Crippen LogP) is 2.03. The maximum atomic E-state index is 12.9. The van der Waals surface area contributed by atoms with Crippen LogP contribution in [0.3, 0.4) is 0 Å². The van der Waals surface area contributed by atoms with Crippen LogP contribution in [0.1, 0.15) is 54.0 Å². The van der Waals surface area contributed by atoms with Crippen LogP contribution in [0.4, 0.5) is 5.82 Å². The number of aromatic nitrogens is 2. The summed E-state index contributed by atoms with van der Waals surface area (Å²) >= 11 is 0. The average molecular weight is 464 g/mol. The van der Waals surface area contributed by atoms with E-state index in [2.05, 4.69) is 15.3 Å². The molecule has 0 saturated carbocycles. The molecule has 0 aromatic carbocycles. The van der Waals surface area contributed by atoms with Crippen LogP contribution in [0, 0.1) is 16.2 Å². The van der Waals surface area contributed by atoms with Crippen molar-refractivity contribution in [3.8, 4) is 0 Å². The van der Waals surface area contributed by atoms with Crippen LogP contribution < -0.4 is 5.32 Å². The van der Waals surface area contributed by atoms with Gasteiger partial charge >= 0.3 is 0 Å². The van der Waals surface area contributed by atoms with E-state index in [1.54, 1.807) is 54.1 Å². The minimum Gasteiger partial charge on any atom is -0.395 e. The van der Waals surface area contributed by atoms with E-state index in [1.165, 1.54) is 0 Å². The standard InChI is InChI=1S/C24H29N7O3/c1-24(2,14-32)23(34)30-10-8-15-12-27-18(11-16(15)13-30)22(33)29-20-7-3-5-17(28-20)21(26)31-9-4-6-19(31)25/h3,5,7,11-12,25-26,32H,4,6,8-10,13-14H2,1-2H3,(H,28,29,33). The van der Waals surface area contributed by atoms with Gasteiger partial charge in [0.15, 0.2) is 5.84 Å². The maximum Gasteiger partial charge on any atom is 0.275 e. The zero-order chi connectivity index (χ0) is 24.5. The lowest BCUT2D eigenvalue weighted by atomic mass is 9.91. The highest BCUT2D eigenvalue weighted by molar-refractivity contribution is 6.07. The largest absolute Gasteiger partial charge is 0.395 e. The van der Waals surface area contributed by atoms with Gasteiger partial charge in [-0.25, -0.2) is 4.98 Å². The van der Waals surface area contributed by atoms with Crippen molar-refractivity contribution < 1.29 is 14.7 Å². The highest BCUT2D eigenvalue weighted by Gasteiger charge is 2.33. The highest BCUT2D eigenvalue weighted by Crippen LogP contribution is 2.25. The van der Waals surface area contributed by atoms with E-state index in [0.717, 1.165) is 17.5 Å². The molecule has 2 aliphatic heterocycles. The maximum absolute atomic E-state index is 12.9. The minimum atomic E-state index is -0.858. The van der Waals surface area contributed by atoms with Gasteiger partial charge in [0.2, 0.25) is 5.91 Å². The number of rotatable bonds is 5. The number of pyridine rings is 2. The van der Waals surface area contributed by atoms with E-state index in [4.69, 9.17) is 10.8 Å². The van der Waals surface area contributed by atoms with Crippen LogP contribution in [0.25, 0.3) is 0 Å². The molecule has 4 N–H and O–H groups in total. The number of nitrogens with one attached hydrogen (secondary N) is 3. The van der Waals surface area contributed by atoms with E-state index in [9.17, 15) is 14.7 Å². The van der Waals surface area contributed by atoms with Gasteiger partial charge in [0.1, 0.15) is 23.0 Å². The van der Waals surface area contributed by atoms with Crippen molar-refractivity contribution in [1.29, 1.82) is 10.8 Å².